The van der Waals surface area contributed by atoms with Crippen LogP contribution in [0.3, 0.4) is 0 Å². The van der Waals surface area contributed by atoms with Gasteiger partial charge in [0.2, 0.25) is 0 Å². The second-order valence-electron chi connectivity index (χ2n) is 5.96. The molecule has 22 heavy (non-hydrogen) atoms. The molecule has 0 aliphatic carbocycles. The highest BCUT2D eigenvalue weighted by Gasteiger charge is 2.48. The third-order valence-electron chi connectivity index (χ3n) is 3.18. The van der Waals surface area contributed by atoms with Gasteiger partial charge in [-0.2, -0.15) is 13.2 Å². The standard InChI is InChI=1S/C15H15F3O4/c1-14(2,3)9-4-5-10-8(6-9)7-11(22-13(19)20)12(21-10)15(16,17)18/h4-7,12H,1-3H3,(H,19,20). The Morgan fingerprint density at radius 2 is 1.91 bits per heavy atom. The maximum atomic E-state index is 13.0. The number of fused-ring (bicyclic) bond motifs is 1. The summed E-state index contributed by atoms with van der Waals surface area (Å²) in [5, 5.41) is 8.60. The Hall–Kier alpha value is -2.18. The summed E-state index contributed by atoms with van der Waals surface area (Å²) in [4.78, 5) is 10.6. The van der Waals surface area contributed by atoms with Gasteiger partial charge in [-0.05, 0) is 29.2 Å². The molecule has 1 aromatic rings. The molecule has 4 nitrogen and oxygen atoms in total. The van der Waals surface area contributed by atoms with Crippen molar-refractivity contribution in [3.8, 4) is 5.75 Å². The number of benzene rings is 1. The van der Waals surface area contributed by atoms with Crippen LogP contribution in [0.2, 0.25) is 0 Å². The molecule has 0 spiro atoms. The summed E-state index contributed by atoms with van der Waals surface area (Å²) >= 11 is 0. The normalized spacial score (nSPS) is 18.1. The van der Waals surface area contributed by atoms with Gasteiger partial charge in [-0.1, -0.05) is 26.8 Å². The van der Waals surface area contributed by atoms with E-state index in [-0.39, 0.29) is 11.2 Å². The average Bonchev–Trinajstić information content (AvgIpc) is 2.34. The van der Waals surface area contributed by atoms with Gasteiger partial charge in [0, 0.05) is 5.56 Å². The fourth-order valence-electron chi connectivity index (χ4n) is 2.06. The molecule has 1 aliphatic heterocycles. The summed E-state index contributed by atoms with van der Waals surface area (Å²) in [5.74, 6) is -0.758. The molecule has 1 aliphatic rings. The van der Waals surface area contributed by atoms with E-state index in [1.807, 2.05) is 20.8 Å². The van der Waals surface area contributed by atoms with Gasteiger partial charge < -0.3 is 14.6 Å². The van der Waals surface area contributed by atoms with Crippen molar-refractivity contribution in [3.05, 3.63) is 35.1 Å². The molecule has 0 radical (unpaired) electrons. The van der Waals surface area contributed by atoms with Crippen LogP contribution in [0.5, 0.6) is 5.75 Å². The predicted octanol–water partition coefficient (Wildman–Crippen LogP) is 4.34. The minimum atomic E-state index is -4.78. The van der Waals surface area contributed by atoms with Crippen molar-refractivity contribution in [2.45, 2.75) is 38.5 Å². The minimum Gasteiger partial charge on any atom is -0.472 e. The Kier molecular flexibility index (Phi) is 3.85. The van der Waals surface area contributed by atoms with E-state index >= 15 is 0 Å². The van der Waals surface area contributed by atoms with Crippen LogP contribution in [0.4, 0.5) is 18.0 Å². The predicted molar refractivity (Wildman–Crippen MR) is 72.7 cm³/mol. The smallest absolute Gasteiger partial charge is 0.472 e. The molecule has 0 saturated carbocycles. The molecule has 1 aromatic carbocycles. The summed E-state index contributed by atoms with van der Waals surface area (Å²) in [5.41, 5.74) is 1.02. The van der Waals surface area contributed by atoms with E-state index in [1.165, 1.54) is 6.07 Å². The lowest BCUT2D eigenvalue weighted by Gasteiger charge is -2.28. The third-order valence-corrected chi connectivity index (χ3v) is 3.18. The zero-order chi connectivity index (χ0) is 16.7. The number of carboxylic acid groups (broad SMARTS) is 1. The van der Waals surface area contributed by atoms with Crippen molar-refractivity contribution >= 4 is 12.2 Å². The number of carbonyl (C=O) groups is 1. The first-order valence-electron chi connectivity index (χ1n) is 6.49. The average molecular weight is 316 g/mol. The van der Waals surface area contributed by atoms with Crippen molar-refractivity contribution in [3.63, 3.8) is 0 Å². The van der Waals surface area contributed by atoms with Crippen LogP contribution in [0.25, 0.3) is 6.08 Å². The number of hydrogen-bond acceptors (Lipinski definition) is 3. The summed E-state index contributed by atoms with van der Waals surface area (Å²) in [6.45, 7) is 5.86. The maximum absolute atomic E-state index is 13.0. The van der Waals surface area contributed by atoms with Crippen molar-refractivity contribution < 1.29 is 32.5 Å². The highest BCUT2D eigenvalue weighted by atomic mass is 19.4. The molecule has 1 atom stereocenters. The van der Waals surface area contributed by atoms with E-state index in [4.69, 9.17) is 9.84 Å². The molecule has 0 fully saturated rings. The molecule has 1 N–H and O–H groups in total. The number of alkyl halides is 3. The van der Waals surface area contributed by atoms with E-state index < -0.39 is 24.2 Å². The summed E-state index contributed by atoms with van der Waals surface area (Å²) in [6.07, 6.45) is -7.97. The Labute approximate surface area is 125 Å². The Morgan fingerprint density at radius 3 is 2.41 bits per heavy atom. The highest BCUT2D eigenvalue weighted by molar-refractivity contribution is 5.67. The number of halogens is 3. The molecular formula is C15H15F3O4. The van der Waals surface area contributed by atoms with Crippen LogP contribution >= 0.6 is 0 Å². The van der Waals surface area contributed by atoms with Gasteiger partial charge in [-0.25, -0.2) is 4.79 Å². The Balaban J connectivity index is 2.49. The Morgan fingerprint density at radius 1 is 1.27 bits per heavy atom. The van der Waals surface area contributed by atoms with E-state index in [9.17, 15) is 18.0 Å². The van der Waals surface area contributed by atoms with Gasteiger partial charge in [0.1, 0.15) is 5.75 Å². The zero-order valence-electron chi connectivity index (χ0n) is 12.2. The molecule has 0 saturated heterocycles. The van der Waals surface area contributed by atoms with Crippen molar-refractivity contribution in [2.24, 2.45) is 0 Å². The van der Waals surface area contributed by atoms with Gasteiger partial charge in [-0.3, -0.25) is 0 Å². The van der Waals surface area contributed by atoms with E-state index in [0.717, 1.165) is 11.6 Å². The quantitative estimate of drug-likeness (QED) is 0.783. The molecule has 0 aromatic heterocycles. The maximum Gasteiger partial charge on any atom is 0.511 e. The molecule has 2 rings (SSSR count). The van der Waals surface area contributed by atoms with E-state index in [2.05, 4.69) is 4.74 Å². The van der Waals surface area contributed by atoms with Gasteiger partial charge in [0.25, 0.3) is 6.10 Å². The van der Waals surface area contributed by atoms with E-state index in [0.29, 0.717) is 5.56 Å². The lowest BCUT2D eigenvalue weighted by atomic mass is 9.85. The van der Waals surface area contributed by atoms with Crippen LogP contribution in [0.15, 0.2) is 24.0 Å². The van der Waals surface area contributed by atoms with Crippen LogP contribution in [0, 0.1) is 0 Å². The van der Waals surface area contributed by atoms with Gasteiger partial charge in [0.15, 0.2) is 5.76 Å². The van der Waals surface area contributed by atoms with E-state index in [1.54, 1.807) is 12.1 Å². The number of hydrogen-bond donors (Lipinski definition) is 1. The first kappa shape index (κ1) is 16.2. The second-order valence-corrected chi connectivity index (χ2v) is 5.96. The summed E-state index contributed by atoms with van der Waals surface area (Å²) in [7, 11) is 0. The monoisotopic (exact) mass is 316 g/mol. The topological polar surface area (TPSA) is 55.8 Å². The Bertz CT molecular complexity index is 627. The number of ether oxygens (including phenoxy) is 2. The largest absolute Gasteiger partial charge is 0.511 e. The molecule has 0 bridgehead atoms. The van der Waals surface area contributed by atoms with Crippen LogP contribution in [0.1, 0.15) is 31.9 Å². The third kappa shape index (κ3) is 3.35. The second kappa shape index (κ2) is 5.23. The summed E-state index contributed by atoms with van der Waals surface area (Å²) in [6, 6.07) is 4.79. The fraction of sp³-hybridized carbons (Fsp3) is 0.400. The molecule has 0 amide bonds. The SMILES string of the molecule is CC(C)(C)c1ccc2c(c1)C=C(OC(=O)O)C(C(F)(F)F)O2. The number of rotatable bonds is 1. The minimum absolute atomic E-state index is 0.0352. The van der Waals surface area contributed by atoms with Gasteiger partial charge >= 0.3 is 12.3 Å². The molecule has 1 heterocycles. The van der Waals surface area contributed by atoms with Crippen LogP contribution < -0.4 is 4.74 Å². The first-order valence-corrected chi connectivity index (χ1v) is 6.49. The van der Waals surface area contributed by atoms with Crippen molar-refractivity contribution in [1.82, 2.24) is 0 Å². The molecule has 1 unspecified atom stereocenters. The first-order chi connectivity index (χ1) is 9.98. The lowest BCUT2D eigenvalue weighted by Crippen LogP contribution is -2.39. The van der Waals surface area contributed by atoms with Crippen LogP contribution in [-0.2, 0) is 10.2 Å². The molecule has 7 heteroatoms. The van der Waals surface area contributed by atoms with Crippen molar-refractivity contribution in [1.29, 1.82) is 0 Å². The molecular weight excluding hydrogens is 301 g/mol. The van der Waals surface area contributed by atoms with Gasteiger partial charge in [0.05, 0.1) is 0 Å². The molecule has 120 valence electrons. The lowest BCUT2D eigenvalue weighted by molar-refractivity contribution is -0.191. The summed E-state index contributed by atoms with van der Waals surface area (Å²) < 4.78 is 48.0. The highest BCUT2D eigenvalue weighted by Crippen LogP contribution is 2.39. The fourth-order valence-corrected chi connectivity index (χ4v) is 2.06. The van der Waals surface area contributed by atoms with Crippen molar-refractivity contribution in [2.75, 3.05) is 0 Å². The van der Waals surface area contributed by atoms with Gasteiger partial charge in [-0.15, -0.1) is 0 Å². The van der Waals surface area contributed by atoms with Crippen LogP contribution in [-0.4, -0.2) is 23.5 Å². The zero-order valence-corrected chi connectivity index (χ0v) is 12.2.